The van der Waals surface area contributed by atoms with Crippen molar-refractivity contribution >= 4 is 15.9 Å². The predicted octanol–water partition coefficient (Wildman–Crippen LogP) is 1.35. The summed E-state index contributed by atoms with van der Waals surface area (Å²) in [6, 6.07) is 0. The van der Waals surface area contributed by atoms with Gasteiger partial charge in [-0.15, -0.1) is 0 Å². The zero-order valence-electron chi connectivity index (χ0n) is 12.0. The van der Waals surface area contributed by atoms with E-state index in [1.165, 1.54) is 4.31 Å². The maximum atomic E-state index is 12.0. The lowest BCUT2D eigenvalue weighted by molar-refractivity contribution is -0.126. The van der Waals surface area contributed by atoms with E-state index in [-0.39, 0.29) is 17.6 Å². The second kappa shape index (κ2) is 7.85. The van der Waals surface area contributed by atoms with Gasteiger partial charge in [0.05, 0.1) is 11.7 Å². The van der Waals surface area contributed by atoms with Gasteiger partial charge in [0, 0.05) is 19.6 Å². The van der Waals surface area contributed by atoms with Crippen LogP contribution in [0.2, 0.25) is 0 Å². The number of carbonyl (C=O) groups excluding carboxylic acids is 1. The minimum absolute atomic E-state index is 0.00449. The van der Waals surface area contributed by atoms with E-state index in [9.17, 15) is 13.2 Å². The first-order chi connectivity index (χ1) is 9.01. The number of piperidine rings is 1. The molecular formula is C13H26N2O3S. The van der Waals surface area contributed by atoms with Crippen molar-refractivity contribution in [1.29, 1.82) is 0 Å². The molecule has 19 heavy (non-hydrogen) atoms. The topological polar surface area (TPSA) is 66.5 Å². The molecule has 1 saturated heterocycles. The summed E-state index contributed by atoms with van der Waals surface area (Å²) in [6.07, 6.45) is 4.19. The fraction of sp³-hybridized carbons (Fsp3) is 0.923. The third kappa shape index (κ3) is 5.10. The summed E-state index contributed by atoms with van der Waals surface area (Å²) < 4.78 is 25.5. The molecule has 5 nitrogen and oxygen atoms in total. The fourth-order valence-corrected chi connectivity index (χ4v) is 3.92. The number of hydrogen-bond acceptors (Lipinski definition) is 3. The van der Waals surface area contributed by atoms with Gasteiger partial charge in [-0.05, 0) is 25.7 Å². The molecule has 1 amide bonds. The molecule has 0 aliphatic carbocycles. The number of nitrogens with zero attached hydrogens (tertiary/aromatic N) is 1. The van der Waals surface area contributed by atoms with Gasteiger partial charge in [-0.3, -0.25) is 4.79 Å². The van der Waals surface area contributed by atoms with Gasteiger partial charge >= 0.3 is 0 Å². The summed E-state index contributed by atoms with van der Waals surface area (Å²) in [4.78, 5) is 12.0. The van der Waals surface area contributed by atoms with Crippen LogP contribution in [0.3, 0.4) is 0 Å². The van der Waals surface area contributed by atoms with Crippen molar-refractivity contribution in [2.45, 2.75) is 46.0 Å². The number of nitrogens with one attached hydrogen (secondary N) is 1. The van der Waals surface area contributed by atoms with Gasteiger partial charge < -0.3 is 5.32 Å². The average Bonchev–Trinajstić information content (AvgIpc) is 2.39. The van der Waals surface area contributed by atoms with Crippen LogP contribution >= 0.6 is 0 Å². The maximum Gasteiger partial charge on any atom is 0.224 e. The Morgan fingerprint density at radius 1 is 1.32 bits per heavy atom. The Balaban J connectivity index is 2.52. The van der Waals surface area contributed by atoms with Gasteiger partial charge in [-0.1, -0.05) is 20.3 Å². The third-order valence-corrected chi connectivity index (χ3v) is 5.48. The predicted molar refractivity (Wildman–Crippen MR) is 76.3 cm³/mol. The normalized spacial score (nSPS) is 21.3. The molecule has 0 aromatic carbocycles. The zero-order chi connectivity index (χ0) is 14.3. The van der Waals surface area contributed by atoms with Crippen LogP contribution in [0, 0.1) is 5.92 Å². The minimum Gasteiger partial charge on any atom is -0.356 e. The van der Waals surface area contributed by atoms with Crippen LogP contribution < -0.4 is 5.32 Å². The van der Waals surface area contributed by atoms with E-state index in [4.69, 9.17) is 0 Å². The number of carbonyl (C=O) groups is 1. The molecule has 0 aromatic heterocycles. The van der Waals surface area contributed by atoms with Crippen molar-refractivity contribution in [2.75, 3.05) is 25.4 Å². The second-order valence-electron chi connectivity index (χ2n) is 5.16. The van der Waals surface area contributed by atoms with Crippen LogP contribution in [0.4, 0.5) is 0 Å². The van der Waals surface area contributed by atoms with Crippen molar-refractivity contribution in [3.05, 3.63) is 0 Å². The molecule has 0 bridgehead atoms. The molecule has 6 heteroatoms. The lowest BCUT2D eigenvalue weighted by Gasteiger charge is -2.31. The maximum absolute atomic E-state index is 12.0. The summed E-state index contributed by atoms with van der Waals surface area (Å²) >= 11 is 0. The lowest BCUT2D eigenvalue weighted by atomic mass is 9.99. The summed E-state index contributed by atoms with van der Waals surface area (Å²) in [6.45, 7) is 5.52. The largest absolute Gasteiger partial charge is 0.356 e. The van der Waals surface area contributed by atoms with Gasteiger partial charge in [0.15, 0.2) is 0 Å². The molecule has 0 saturated carbocycles. The molecule has 1 fully saturated rings. The van der Waals surface area contributed by atoms with E-state index < -0.39 is 10.0 Å². The fourth-order valence-electron chi connectivity index (χ4n) is 2.33. The molecule has 0 spiro atoms. The number of hydrogen-bond donors (Lipinski definition) is 1. The van der Waals surface area contributed by atoms with Crippen LogP contribution in [-0.4, -0.2) is 44.0 Å². The number of rotatable bonds is 7. The average molecular weight is 290 g/mol. The van der Waals surface area contributed by atoms with Gasteiger partial charge in [0.1, 0.15) is 0 Å². The van der Waals surface area contributed by atoms with E-state index in [0.717, 1.165) is 25.7 Å². The summed E-state index contributed by atoms with van der Waals surface area (Å²) in [5, 5.41) is 2.90. The molecule has 1 unspecified atom stereocenters. The van der Waals surface area contributed by atoms with E-state index in [2.05, 4.69) is 12.2 Å². The molecular weight excluding hydrogens is 264 g/mol. The van der Waals surface area contributed by atoms with Crippen molar-refractivity contribution in [1.82, 2.24) is 9.62 Å². The summed E-state index contributed by atoms with van der Waals surface area (Å²) in [5.74, 6) is -0.000873. The molecule has 0 aromatic rings. The van der Waals surface area contributed by atoms with Crippen LogP contribution in [0.5, 0.6) is 0 Å². The van der Waals surface area contributed by atoms with E-state index >= 15 is 0 Å². The highest BCUT2D eigenvalue weighted by molar-refractivity contribution is 7.89. The first kappa shape index (κ1) is 16.4. The zero-order valence-corrected chi connectivity index (χ0v) is 12.8. The monoisotopic (exact) mass is 290 g/mol. The SMILES string of the molecule is CCCCNC(=O)C1CCCN(S(=O)(=O)CCC)C1. The van der Waals surface area contributed by atoms with Crippen molar-refractivity contribution in [3.63, 3.8) is 0 Å². The van der Waals surface area contributed by atoms with Crippen LogP contribution in [0.25, 0.3) is 0 Å². The van der Waals surface area contributed by atoms with Crippen molar-refractivity contribution < 1.29 is 13.2 Å². The minimum atomic E-state index is -3.17. The molecule has 1 atom stereocenters. The molecule has 1 heterocycles. The van der Waals surface area contributed by atoms with Crippen molar-refractivity contribution in [2.24, 2.45) is 5.92 Å². The summed E-state index contributed by atoms with van der Waals surface area (Å²) in [7, 11) is -3.17. The van der Waals surface area contributed by atoms with Crippen molar-refractivity contribution in [3.8, 4) is 0 Å². The Bertz CT molecular complexity index is 381. The van der Waals surface area contributed by atoms with Gasteiger partial charge in [0.25, 0.3) is 0 Å². The van der Waals surface area contributed by atoms with E-state index in [0.29, 0.717) is 26.1 Å². The Morgan fingerprint density at radius 2 is 2.05 bits per heavy atom. The Hall–Kier alpha value is -0.620. The molecule has 1 aliphatic heterocycles. The van der Waals surface area contributed by atoms with E-state index in [1.54, 1.807) is 0 Å². The molecule has 1 rings (SSSR count). The van der Waals surface area contributed by atoms with Gasteiger partial charge in [-0.25, -0.2) is 12.7 Å². The first-order valence-electron chi connectivity index (χ1n) is 7.26. The smallest absolute Gasteiger partial charge is 0.224 e. The number of amides is 1. The van der Waals surface area contributed by atoms with E-state index in [1.807, 2.05) is 6.92 Å². The second-order valence-corrected chi connectivity index (χ2v) is 7.25. The highest BCUT2D eigenvalue weighted by atomic mass is 32.2. The molecule has 1 N–H and O–H groups in total. The standard InChI is InChI=1S/C13H26N2O3S/c1-3-5-8-14-13(16)12-7-6-9-15(11-12)19(17,18)10-4-2/h12H,3-11H2,1-2H3,(H,14,16). The van der Waals surface area contributed by atoms with Crippen LogP contribution in [0.15, 0.2) is 0 Å². The lowest BCUT2D eigenvalue weighted by Crippen LogP contribution is -2.46. The quantitative estimate of drug-likeness (QED) is 0.720. The first-order valence-corrected chi connectivity index (χ1v) is 8.87. The Labute approximate surface area is 116 Å². The molecule has 112 valence electrons. The van der Waals surface area contributed by atoms with Gasteiger partial charge in [0.2, 0.25) is 15.9 Å². The van der Waals surface area contributed by atoms with Gasteiger partial charge in [-0.2, -0.15) is 0 Å². The third-order valence-electron chi connectivity index (χ3n) is 3.44. The Morgan fingerprint density at radius 3 is 2.68 bits per heavy atom. The number of sulfonamides is 1. The summed E-state index contributed by atoms with van der Waals surface area (Å²) in [5.41, 5.74) is 0. The van der Waals surface area contributed by atoms with Crippen LogP contribution in [0.1, 0.15) is 46.0 Å². The highest BCUT2D eigenvalue weighted by Crippen LogP contribution is 2.20. The number of unbranched alkanes of at least 4 members (excludes halogenated alkanes) is 1. The Kier molecular flexibility index (Phi) is 6.79. The highest BCUT2D eigenvalue weighted by Gasteiger charge is 2.31. The van der Waals surface area contributed by atoms with Crippen LogP contribution in [-0.2, 0) is 14.8 Å². The molecule has 0 radical (unpaired) electrons. The molecule has 1 aliphatic rings.